The molecule has 108 valence electrons. The summed E-state index contributed by atoms with van der Waals surface area (Å²) in [5.74, 6) is 0. The number of benzene rings is 1. The van der Waals surface area contributed by atoms with Crippen molar-refractivity contribution in [3.05, 3.63) is 35.9 Å². The first-order valence-electron chi connectivity index (χ1n) is 6.41. The molecule has 0 aromatic heterocycles. The van der Waals surface area contributed by atoms with Gasteiger partial charge in [0, 0.05) is 41.3 Å². The minimum Gasteiger partial charge on any atom is -0.381 e. The van der Waals surface area contributed by atoms with Gasteiger partial charge in [0.1, 0.15) is 0 Å². The Balaban J connectivity index is 2.62. The van der Waals surface area contributed by atoms with Gasteiger partial charge in [0.2, 0.25) is 0 Å². The van der Waals surface area contributed by atoms with Crippen LogP contribution in [0.2, 0.25) is 0 Å². The maximum absolute atomic E-state index is 5.56. The SMILES string of the molecule is COC(C[C@H](C[C@@H](OC)c1ccccc1)OC)OC. The molecule has 1 rings (SSSR count). The molecule has 0 N–H and O–H groups in total. The molecule has 1 aromatic rings. The van der Waals surface area contributed by atoms with Gasteiger partial charge in [-0.3, -0.25) is 0 Å². The van der Waals surface area contributed by atoms with Gasteiger partial charge in [-0.1, -0.05) is 30.3 Å². The van der Waals surface area contributed by atoms with Crippen molar-refractivity contribution >= 4 is 0 Å². The zero-order valence-corrected chi connectivity index (χ0v) is 12.2. The Morgan fingerprint density at radius 2 is 1.42 bits per heavy atom. The summed E-state index contributed by atoms with van der Waals surface area (Å²) >= 11 is 0. The van der Waals surface area contributed by atoms with E-state index in [0.29, 0.717) is 6.42 Å². The zero-order chi connectivity index (χ0) is 14.1. The number of ether oxygens (including phenoxy) is 4. The van der Waals surface area contributed by atoms with Gasteiger partial charge in [0.05, 0.1) is 12.2 Å². The van der Waals surface area contributed by atoms with Gasteiger partial charge in [0.25, 0.3) is 0 Å². The van der Waals surface area contributed by atoms with Gasteiger partial charge in [-0.2, -0.15) is 0 Å². The van der Waals surface area contributed by atoms with E-state index in [-0.39, 0.29) is 18.5 Å². The van der Waals surface area contributed by atoms with Crippen molar-refractivity contribution in [1.29, 1.82) is 0 Å². The van der Waals surface area contributed by atoms with Gasteiger partial charge in [-0.25, -0.2) is 0 Å². The Morgan fingerprint density at radius 3 is 1.89 bits per heavy atom. The molecule has 4 heteroatoms. The lowest BCUT2D eigenvalue weighted by atomic mass is 10.0. The van der Waals surface area contributed by atoms with Crippen molar-refractivity contribution in [3.8, 4) is 0 Å². The molecule has 0 spiro atoms. The van der Waals surface area contributed by atoms with Crippen LogP contribution in [0.15, 0.2) is 30.3 Å². The molecule has 0 heterocycles. The van der Waals surface area contributed by atoms with Crippen LogP contribution in [-0.2, 0) is 18.9 Å². The first-order valence-corrected chi connectivity index (χ1v) is 6.41. The third-order valence-electron chi connectivity index (χ3n) is 3.25. The van der Waals surface area contributed by atoms with Crippen molar-refractivity contribution in [1.82, 2.24) is 0 Å². The van der Waals surface area contributed by atoms with E-state index in [1.165, 1.54) is 0 Å². The van der Waals surface area contributed by atoms with Crippen LogP contribution in [-0.4, -0.2) is 40.8 Å². The van der Waals surface area contributed by atoms with Crippen LogP contribution in [0.25, 0.3) is 0 Å². The van der Waals surface area contributed by atoms with E-state index in [1.807, 2.05) is 18.2 Å². The predicted octanol–water partition coefficient (Wildman–Crippen LogP) is 2.79. The zero-order valence-electron chi connectivity index (χ0n) is 12.2. The van der Waals surface area contributed by atoms with E-state index >= 15 is 0 Å². The molecule has 0 bridgehead atoms. The number of hydrogen-bond acceptors (Lipinski definition) is 4. The van der Waals surface area contributed by atoms with E-state index in [1.54, 1.807) is 28.4 Å². The Morgan fingerprint density at radius 1 is 0.789 bits per heavy atom. The standard InChI is InChI=1S/C15H24O4/c1-16-13(11-15(18-3)19-4)10-14(17-2)12-8-6-5-7-9-12/h5-9,13-15H,10-11H2,1-4H3/t13-,14+/m0/s1. The van der Waals surface area contributed by atoms with Gasteiger partial charge in [-0.05, 0) is 5.56 Å². The highest BCUT2D eigenvalue weighted by Gasteiger charge is 2.21. The maximum atomic E-state index is 5.56. The normalized spacial score (nSPS) is 14.6. The van der Waals surface area contributed by atoms with Crippen LogP contribution in [0.4, 0.5) is 0 Å². The van der Waals surface area contributed by atoms with Crippen LogP contribution in [0.1, 0.15) is 24.5 Å². The van der Waals surface area contributed by atoms with Gasteiger partial charge in [-0.15, -0.1) is 0 Å². The quantitative estimate of drug-likeness (QED) is 0.645. The van der Waals surface area contributed by atoms with Gasteiger partial charge in [0.15, 0.2) is 6.29 Å². The summed E-state index contributed by atoms with van der Waals surface area (Å²) in [6.45, 7) is 0. The summed E-state index contributed by atoms with van der Waals surface area (Å²) in [6, 6.07) is 10.1. The van der Waals surface area contributed by atoms with Crippen LogP contribution >= 0.6 is 0 Å². The molecule has 2 atom stereocenters. The molecule has 1 aromatic carbocycles. The van der Waals surface area contributed by atoms with Crippen molar-refractivity contribution in [3.63, 3.8) is 0 Å². The highest BCUT2D eigenvalue weighted by molar-refractivity contribution is 5.17. The van der Waals surface area contributed by atoms with Crippen molar-refractivity contribution in [2.75, 3.05) is 28.4 Å². The lowest BCUT2D eigenvalue weighted by Gasteiger charge is -2.24. The second-order valence-electron chi connectivity index (χ2n) is 4.37. The number of rotatable bonds is 9. The van der Waals surface area contributed by atoms with Crippen LogP contribution in [0, 0.1) is 0 Å². The van der Waals surface area contributed by atoms with Crippen LogP contribution in [0.3, 0.4) is 0 Å². The second kappa shape index (κ2) is 9.04. The summed E-state index contributed by atoms with van der Waals surface area (Å²) in [4.78, 5) is 0. The van der Waals surface area contributed by atoms with Crippen molar-refractivity contribution < 1.29 is 18.9 Å². The molecule has 0 amide bonds. The molecular weight excluding hydrogens is 244 g/mol. The number of hydrogen-bond donors (Lipinski definition) is 0. The highest BCUT2D eigenvalue weighted by atomic mass is 16.7. The van der Waals surface area contributed by atoms with E-state index in [4.69, 9.17) is 18.9 Å². The third kappa shape index (κ3) is 5.28. The fourth-order valence-electron chi connectivity index (χ4n) is 2.07. The van der Waals surface area contributed by atoms with E-state index in [2.05, 4.69) is 12.1 Å². The fraction of sp³-hybridized carbons (Fsp3) is 0.600. The Hall–Kier alpha value is -0.940. The summed E-state index contributed by atoms with van der Waals surface area (Å²) in [7, 11) is 6.68. The smallest absolute Gasteiger partial charge is 0.159 e. The van der Waals surface area contributed by atoms with Crippen molar-refractivity contribution in [2.24, 2.45) is 0 Å². The monoisotopic (exact) mass is 268 g/mol. The third-order valence-corrected chi connectivity index (χ3v) is 3.25. The summed E-state index contributed by atoms with van der Waals surface area (Å²) in [5.41, 5.74) is 1.15. The minimum atomic E-state index is -0.252. The largest absolute Gasteiger partial charge is 0.381 e. The molecule has 0 unspecified atom stereocenters. The molecule has 0 aliphatic rings. The maximum Gasteiger partial charge on any atom is 0.159 e. The number of methoxy groups -OCH3 is 4. The molecule has 0 saturated carbocycles. The average molecular weight is 268 g/mol. The van der Waals surface area contributed by atoms with Crippen LogP contribution < -0.4 is 0 Å². The molecule has 19 heavy (non-hydrogen) atoms. The molecule has 4 nitrogen and oxygen atoms in total. The minimum absolute atomic E-state index is 0.0144. The molecule has 0 fully saturated rings. The van der Waals surface area contributed by atoms with E-state index in [0.717, 1.165) is 12.0 Å². The Kier molecular flexibility index (Phi) is 7.67. The topological polar surface area (TPSA) is 36.9 Å². The second-order valence-corrected chi connectivity index (χ2v) is 4.37. The summed E-state index contributed by atoms with van der Waals surface area (Å²) in [6.07, 6.45) is 1.23. The molecule has 0 aliphatic carbocycles. The fourth-order valence-corrected chi connectivity index (χ4v) is 2.07. The molecule has 0 radical (unpaired) electrons. The van der Waals surface area contributed by atoms with E-state index < -0.39 is 0 Å². The lowest BCUT2D eigenvalue weighted by Crippen LogP contribution is -2.25. The molecular formula is C15H24O4. The average Bonchev–Trinajstić information content (AvgIpc) is 2.48. The van der Waals surface area contributed by atoms with Gasteiger partial charge >= 0.3 is 0 Å². The molecule has 0 saturated heterocycles. The summed E-state index contributed by atoms with van der Waals surface area (Å²) < 4.78 is 21.5. The van der Waals surface area contributed by atoms with E-state index in [9.17, 15) is 0 Å². The van der Waals surface area contributed by atoms with Crippen LogP contribution in [0.5, 0.6) is 0 Å². The summed E-state index contributed by atoms with van der Waals surface area (Å²) in [5, 5.41) is 0. The Bertz CT molecular complexity index is 324. The predicted molar refractivity (Wildman–Crippen MR) is 74.0 cm³/mol. The highest BCUT2D eigenvalue weighted by Crippen LogP contribution is 2.25. The first-order chi connectivity index (χ1) is 9.24. The lowest BCUT2D eigenvalue weighted by molar-refractivity contribution is -0.130. The first kappa shape index (κ1) is 16.1. The molecule has 0 aliphatic heterocycles. The Labute approximate surface area is 115 Å². The van der Waals surface area contributed by atoms with Gasteiger partial charge < -0.3 is 18.9 Å². The van der Waals surface area contributed by atoms with Crippen molar-refractivity contribution in [2.45, 2.75) is 31.3 Å².